The lowest BCUT2D eigenvalue weighted by molar-refractivity contribution is -0.0174. The maximum atomic E-state index is 6.23. The lowest BCUT2D eigenvalue weighted by Crippen LogP contribution is -2.59. The van der Waals surface area contributed by atoms with Gasteiger partial charge < -0.3 is 10.5 Å². The van der Waals surface area contributed by atoms with Gasteiger partial charge in [-0.3, -0.25) is 9.80 Å². The minimum atomic E-state index is 0.316. The van der Waals surface area contributed by atoms with Crippen molar-refractivity contribution < 1.29 is 4.74 Å². The molecule has 0 amide bonds. The molecule has 0 aromatic carbocycles. The second-order valence-electron chi connectivity index (χ2n) is 6.11. The van der Waals surface area contributed by atoms with E-state index in [-0.39, 0.29) is 0 Å². The zero-order valence-electron chi connectivity index (χ0n) is 11.4. The molecule has 2 aliphatic heterocycles. The Balaban J connectivity index is 1.49. The van der Waals surface area contributed by atoms with E-state index in [2.05, 4.69) is 9.80 Å². The molecule has 0 spiro atoms. The van der Waals surface area contributed by atoms with Gasteiger partial charge in [-0.05, 0) is 19.3 Å². The van der Waals surface area contributed by atoms with Crippen LogP contribution in [0.15, 0.2) is 0 Å². The van der Waals surface area contributed by atoms with E-state index in [0.717, 1.165) is 25.7 Å². The Kier molecular flexibility index (Phi) is 4.19. The first-order valence-corrected chi connectivity index (χ1v) is 7.66. The second kappa shape index (κ2) is 5.87. The van der Waals surface area contributed by atoms with Crippen LogP contribution in [-0.4, -0.2) is 67.3 Å². The van der Waals surface area contributed by atoms with Gasteiger partial charge in [0, 0.05) is 50.9 Å². The third-order valence-electron chi connectivity index (χ3n) is 5.04. The van der Waals surface area contributed by atoms with Crippen LogP contribution in [0.3, 0.4) is 0 Å². The molecule has 104 valence electrons. The standard InChI is InChI=1S/C14H27N3O/c15-13-5-10-18-11-14(13)17-8-6-16(7-9-17)12-3-1-2-4-12/h12-14H,1-11,15H2. The van der Waals surface area contributed by atoms with Crippen LogP contribution in [0.25, 0.3) is 0 Å². The van der Waals surface area contributed by atoms with Gasteiger partial charge in [-0.15, -0.1) is 0 Å². The SMILES string of the molecule is NC1CCOCC1N1CCN(C2CCCC2)CC1. The Bertz CT molecular complexity index is 260. The molecule has 4 nitrogen and oxygen atoms in total. The fraction of sp³-hybridized carbons (Fsp3) is 1.00. The van der Waals surface area contributed by atoms with Crippen LogP contribution in [0.2, 0.25) is 0 Å². The van der Waals surface area contributed by atoms with Crippen molar-refractivity contribution in [3.8, 4) is 0 Å². The molecule has 0 aromatic heterocycles. The maximum absolute atomic E-state index is 6.23. The summed E-state index contributed by atoms with van der Waals surface area (Å²) in [6.07, 6.45) is 6.74. The number of nitrogens with two attached hydrogens (primary N) is 1. The summed E-state index contributed by atoms with van der Waals surface area (Å²) in [5.74, 6) is 0. The van der Waals surface area contributed by atoms with E-state index in [1.807, 2.05) is 0 Å². The number of nitrogens with zero attached hydrogens (tertiary/aromatic N) is 2. The van der Waals surface area contributed by atoms with Crippen LogP contribution >= 0.6 is 0 Å². The fourth-order valence-electron chi connectivity index (χ4n) is 3.82. The van der Waals surface area contributed by atoms with Crippen LogP contribution in [0, 0.1) is 0 Å². The van der Waals surface area contributed by atoms with Gasteiger partial charge in [0.25, 0.3) is 0 Å². The predicted molar refractivity (Wildman–Crippen MR) is 72.6 cm³/mol. The number of hydrogen-bond donors (Lipinski definition) is 1. The Morgan fingerprint density at radius 1 is 0.889 bits per heavy atom. The van der Waals surface area contributed by atoms with Crippen molar-refractivity contribution >= 4 is 0 Å². The van der Waals surface area contributed by atoms with Crippen LogP contribution in [-0.2, 0) is 4.74 Å². The van der Waals surface area contributed by atoms with Gasteiger partial charge in [0.15, 0.2) is 0 Å². The first kappa shape index (κ1) is 12.9. The minimum absolute atomic E-state index is 0.316. The van der Waals surface area contributed by atoms with E-state index in [1.165, 1.54) is 51.9 Å². The highest BCUT2D eigenvalue weighted by Gasteiger charge is 2.32. The molecule has 0 bridgehead atoms. The predicted octanol–water partition coefficient (Wildman–Crippen LogP) is 0.663. The molecule has 1 saturated carbocycles. The highest BCUT2D eigenvalue weighted by molar-refractivity contribution is 4.89. The van der Waals surface area contributed by atoms with E-state index >= 15 is 0 Å². The summed E-state index contributed by atoms with van der Waals surface area (Å²) >= 11 is 0. The Hall–Kier alpha value is -0.160. The molecule has 2 saturated heterocycles. The molecule has 0 radical (unpaired) electrons. The van der Waals surface area contributed by atoms with E-state index in [0.29, 0.717) is 12.1 Å². The number of hydrogen-bond acceptors (Lipinski definition) is 4. The first-order valence-electron chi connectivity index (χ1n) is 7.66. The van der Waals surface area contributed by atoms with Crippen molar-refractivity contribution in [3.63, 3.8) is 0 Å². The molecular weight excluding hydrogens is 226 g/mol. The average molecular weight is 253 g/mol. The van der Waals surface area contributed by atoms with Crippen LogP contribution < -0.4 is 5.73 Å². The van der Waals surface area contributed by atoms with Crippen molar-refractivity contribution in [3.05, 3.63) is 0 Å². The molecule has 0 aromatic rings. The second-order valence-corrected chi connectivity index (χ2v) is 6.11. The third kappa shape index (κ3) is 2.72. The topological polar surface area (TPSA) is 41.7 Å². The molecule has 3 rings (SSSR count). The zero-order chi connectivity index (χ0) is 12.4. The minimum Gasteiger partial charge on any atom is -0.380 e. The third-order valence-corrected chi connectivity index (χ3v) is 5.04. The summed E-state index contributed by atoms with van der Waals surface area (Å²) in [5, 5.41) is 0. The van der Waals surface area contributed by atoms with Gasteiger partial charge in [0.1, 0.15) is 0 Å². The van der Waals surface area contributed by atoms with E-state index in [1.54, 1.807) is 0 Å². The largest absolute Gasteiger partial charge is 0.380 e. The molecule has 2 N–H and O–H groups in total. The molecular formula is C14H27N3O. The average Bonchev–Trinajstić information content (AvgIpc) is 2.94. The molecule has 3 fully saturated rings. The highest BCUT2D eigenvalue weighted by atomic mass is 16.5. The van der Waals surface area contributed by atoms with E-state index in [9.17, 15) is 0 Å². The molecule has 3 aliphatic rings. The van der Waals surface area contributed by atoms with Gasteiger partial charge in [-0.2, -0.15) is 0 Å². The zero-order valence-corrected chi connectivity index (χ0v) is 11.4. The maximum Gasteiger partial charge on any atom is 0.0636 e. The van der Waals surface area contributed by atoms with E-state index < -0.39 is 0 Å². The Morgan fingerprint density at radius 2 is 1.56 bits per heavy atom. The van der Waals surface area contributed by atoms with Gasteiger partial charge in [-0.1, -0.05) is 12.8 Å². The summed E-state index contributed by atoms with van der Waals surface area (Å²) in [7, 11) is 0. The normalized spacial score (nSPS) is 37.2. The lowest BCUT2D eigenvalue weighted by atomic mass is 10.0. The molecule has 1 aliphatic carbocycles. The summed E-state index contributed by atoms with van der Waals surface area (Å²) in [5.41, 5.74) is 6.23. The summed E-state index contributed by atoms with van der Waals surface area (Å²) in [6.45, 7) is 6.50. The van der Waals surface area contributed by atoms with E-state index in [4.69, 9.17) is 10.5 Å². The van der Waals surface area contributed by atoms with Gasteiger partial charge in [0.2, 0.25) is 0 Å². The van der Waals surface area contributed by atoms with Crippen molar-refractivity contribution in [2.75, 3.05) is 39.4 Å². The van der Waals surface area contributed by atoms with Gasteiger partial charge in [-0.25, -0.2) is 0 Å². The number of rotatable bonds is 2. The summed E-state index contributed by atoms with van der Waals surface area (Å²) in [6, 6.07) is 1.66. The van der Waals surface area contributed by atoms with Crippen LogP contribution in [0.1, 0.15) is 32.1 Å². The molecule has 2 unspecified atom stereocenters. The number of piperazine rings is 1. The van der Waals surface area contributed by atoms with Crippen molar-refractivity contribution in [2.24, 2.45) is 5.73 Å². The van der Waals surface area contributed by atoms with Gasteiger partial charge in [0.05, 0.1) is 6.61 Å². The van der Waals surface area contributed by atoms with Crippen molar-refractivity contribution in [2.45, 2.75) is 50.2 Å². The first-order chi connectivity index (χ1) is 8.84. The molecule has 2 heterocycles. The van der Waals surface area contributed by atoms with Crippen LogP contribution in [0.5, 0.6) is 0 Å². The van der Waals surface area contributed by atoms with Crippen LogP contribution in [0.4, 0.5) is 0 Å². The summed E-state index contributed by atoms with van der Waals surface area (Å²) in [4.78, 5) is 5.27. The molecule has 18 heavy (non-hydrogen) atoms. The Labute approximate surface area is 110 Å². The molecule has 2 atom stereocenters. The summed E-state index contributed by atoms with van der Waals surface area (Å²) < 4.78 is 5.60. The molecule has 4 heteroatoms. The Morgan fingerprint density at radius 3 is 2.22 bits per heavy atom. The smallest absolute Gasteiger partial charge is 0.0636 e. The van der Waals surface area contributed by atoms with Crippen molar-refractivity contribution in [1.82, 2.24) is 9.80 Å². The lowest BCUT2D eigenvalue weighted by Gasteiger charge is -2.44. The fourth-order valence-corrected chi connectivity index (χ4v) is 3.82. The quantitative estimate of drug-likeness (QED) is 0.785. The monoisotopic (exact) mass is 253 g/mol. The number of ether oxygens (including phenoxy) is 1. The van der Waals surface area contributed by atoms with Crippen molar-refractivity contribution in [1.29, 1.82) is 0 Å². The highest BCUT2D eigenvalue weighted by Crippen LogP contribution is 2.25. The van der Waals surface area contributed by atoms with Gasteiger partial charge >= 0.3 is 0 Å².